The fraction of sp³-hybridized carbons (Fsp3) is 0.450. The molecule has 1 saturated carbocycles. The van der Waals surface area contributed by atoms with Gasteiger partial charge in [-0.25, -0.2) is 0 Å². The number of hydrogen-bond donors (Lipinski definition) is 0. The first kappa shape index (κ1) is 18.1. The molecule has 0 atom stereocenters. The molecule has 6 nitrogen and oxygen atoms in total. The van der Waals surface area contributed by atoms with E-state index in [1.807, 2.05) is 19.1 Å². The van der Waals surface area contributed by atoms with E-state index in [9.17, 15) is 4.79 Å². The minimum absolute atomic E-state index is 0.168. The normalized spacial score (nSPS) is 17.4. The molecule has 3 aromatic rings. The first-order chi connectivity index (χ1) is 13.7. The van der Waals surface area contributed by atoms with Gasteiger partial charge < -0.3 is 9.64 Å². The highest BCUT2D eigenvalue weighted by atomic mass is 32.2. The van der Waals surface area contributed by atoms with Gasteiger partial charge in [-0.3, -0.25) is 9.36 Å². The zero-order valence-electron chi connectivity index (χ0n) is 15.8. The lowest BCUT2D eigenvalue weighted by Crippen LogP contribution is -2.38. The van der Waals surface area contributed by atoms with Crippen molar-refractivity contribution in [3.63, 3.8) is 0 Å². The van der Waals surface area contributed by atoms with Gasteiger partial charge in [0.2, 0.25) is 5.95 Å². The van der Waals surface area contributed by atoms with E-state index in [4.69, 9.17) is 4.74 Å². The Morgan fingerprint density at radius 3 is 2.79 bits per heavy atom. The van der Waals surface area contributed by atoms with Crippen LogP contribution in [0.25, 0.3) is 10.1 Å². The first-order valence-electron chi connectivity index (χ1n) is 9.64. The van der Waals surface area contributed by atoms with Crippen molar-refractivity contribution in [3.05, 3.63) is 34.7 Å². The second kappa shape index (κ2) is 7.50. The molecule has 2 aliphatic rings. The number of thiophene rings is 1. The average Bonchev–Trinajstić information content (AvgIpc) is 3.40. The average molecular weight is 415 g/mol. The second-order valence-electron chi connectivity index (χ2n) is 7.25. The van der Waals surface area contributed by atoms with Crippen molar-refractivity contribution in [3.8, 4) is 0 Å². The Morgan fingerprint density at radius 2 is 2.04 bits per heavy atom. The summed E-state index contributed by atoms with van der Waals surface area (Å²) >= 11 is 3.10. The summed E-state index contributed by atoms with van der Waals surface area (Å²) < 4.78 is 8.87. The summed E-state index contributed by atoms with van der Waals surface area (Å²) in [4.78, 5) is 16.0. The Labute approximate surface area is 171 Å². The molecule has 2 aromatic heterocycles. The standard InChI is InChI=1S/C20H22N4O2S2/c1-13-15-4-2-3-5-17(15)28-18(13)16(25)12-27-20-22-21-19(24(20)14-6-7-14)23-8-10-26-11-9-23/h2-5,14H,6-12H2,1H3. The molecule has 0 spiro atoms. The summed E-state index contributed by atoms with van der Waals surface area (Å²) in [6.07, 6.45) is 2.32. The molecule has 146 valence electrons. The number of aromatic nitrogens is 3. The van der Waals surface area contributed by atoms with Crippen LogP contribution in [0.1, 0.15) is 34.1 Å². The van der Waals surface area contributed by atoms with E-state index in [2.05, 4.69) is 31.8 Å². The predicted molar refractivity (Wildman–Crippen MR) is 113 cm³/mol. The quantitative estimate of drug-likeness (QED) is 0.450. The Morgan fingerprint density at radius 1 is 1.25 bits per heavy atom. The number of carbonyl (C=O) groups excluding carboxylic acids is 1. The Kier molecular flexibility index (Phi) is 4.86. The SMILES string of the molecule is Cc1c(C(=O)CSc2nnc(N3CCOCC3)n2C2CC2)sc2ccccc12. The summed E-state index contributed by atoms with van der Waals surface area (Å²) in [6, 6.07) is 8.68. The van der Waals surface area contributed by atoms with E-state index in [0.29, 0.717) is 11.8 Å². The molecule has 0 bridgehead atoms. The van der Waals surface area contributed by atoms with Gasteiger partial charge in [0.15, 0.2) is 10.9 Å². The van der Waals surface area contributed by atoms with Gasteiger partial charge in [-0.2, -0.15) is 0 Å². The number of morpholine rings is 1. The first-order valence-corrected chi connectivity index (χ1v) is 11.4. The molecule has 1 aliphatic heterocycles. The molecular formula is C20H22N4O2S2. The minimum Gasteiger partial charge on any atom is -0.378 e. The number of Topliss-reactive ketones (excluding diaryl/α,β-unsaturated/α-hetero) is 1. The van der Waals surface area contributed by atoms with Crippen LogP contribution in [0.2, 0.25) is 0 Å². The van der Waals surface area contributed by atoms with Crippen LogP contribution in [-0.2, 0) is 4.74 Å². The van der Waals surface area contributed by atoms with Gasteiger partial charge in [-0.15, -0.1) is 21.5 Å². The number of anilines is 1. The van der Waals surface area contributed by atoms with E-state index in [1.54, 1.807) is 11.3 Å². The van der Waals surface area contributed by atoms with Crippen molar-refractivity contribution in [2.24, 2.45) is 0 Å². The highest BCUT2D eigenvalue weighted by Gasteiger charge is 2.32. The maximum atomic E-state index is 12.9. The molecule has 1 aliphatic carbocycles. The molecule has 8 heteroatoms. The zero-order valence-corrected chi connectivity index (χ0v) is 17.4. The largest absolute Gasteiger partial charge is 0.378 e. The van der Waals surface area contributed by atoms with E-state index in [0.717, 1.165) is 60.7 Å². The van der Waals surface area contributed by atoms with Crippen LogP contribution >= 0.6 is 23.1 Å². The van der Waals surface area contributed by atoms with Crippen LogP contribution < -0.4 is 4.90 Å². The summed E-state index contributed by atoms with van der Waals surface area (Å²) in [5.41, 5.74) is 1.09. The fourth-order valence-electron chi connectivity index (χ4n) is 3.63. The molecule has 5 rings (SSSR count). The number of aryl methyl sites for hydroxylation is 1. The molecule has 2 fully saturated rings. The third-order valence-corrected chi connectivity index (χ3v) is 7.54. The number of nitrogens with zero attached hydrogens (tertiary/aromatic N) is 4. The topological polar surface area (TPSA) is 60.3 Å². The monoisotopic (exact) mass is 414 g/mol. The fourth-order valence-corrected chi connectivity index (χ4v) is 5.75. The lowest BCUT2D eigenvalue weighted by atomic mass is 10.1. The highest BCUT2D eigenvalue weighted by Crippen LogP contribution is 2.41. The Balaban J connectivity index is 1.35. The number of fused-ring (bicyclic) bond motifs is 1. The van der Waals surface area contributed by atoms with Crippen LogP contribution in [0.15, 0.2) is 29.4 Å². The zero-order chi connectivity index (χ0) is 19.1. The number of benzene rings is 1. The van der Waals surface area contributed by atoms with Gasteiger partial charge in [-0.05, 0) is 36.8 Å². The molecular weight excluding hydrogens is 392 g/mol. The Bertz CT molecular complexity index is 1020. The third kappa shape index (κ3) is 3.33. The summed E-state index contributed by atoms with van der Waals surface area (Å²) in [5.74, 6) is 1.49. The van der Waals surface area contributed by atoms with Crippen molar-refractivity contribution in [1.82, 2.24) is 14.8 Å². The van der Waals surface area contributed by atoms with E-state index in [-0.39, 0.29) is 5.78 Å². The molecule has 0 amide bonds. The predicted octanol–water partition coefficient (Wildman–Crippen LogP) is 3.95. The summed E-state index contributed by atoms with van der Waals surface area (Å²) in [5, 5.41) is 10.9. The van der Waals surface area contributed by atoms with Crippen LogP contribution in [-0.4, -0.2) is 52.6 Å². The smallest absolute Gasteiger partial charge is 0.228 e. The van der Waals surface area contributed by atoms with Crippen molar-refractivity contribution in [2.45, 2.75) is 31.0 Å². The van der Waals surface area contributed by atoms with Gasteiger partial charge in [0.05, 0.1) is 23.8 Å². The molecule has 1 aromatic carbocycles. The molecule has 0 N–H and O–H groups in total. The van der Waals surface area contributed by atoms with Gasteiger partial charge in [0.1, 0.15) is 0 Å². The van der Waals surface area contributed by atoms with Gasteiger partial charge in [0, 0.05) is 23.8 Å². The number of ketones is 1. The molecule has 1 saturated heterocycles. The minimum atomic E-state index is 0.168. The number of rotatable bonds is 6. The molecule has 0 unspecified atom stereocenters. The van der Waals surface area contributed by atoms with E-state index in [1.165, 1.54) is 21.8 Å². The van der Waals surface area contributed by atoms with Crippen LogP contribution in [0.5, 0.6) is 0 Å². The van der Waals surface area contributed by atoms with Gasteiger partial charge in [0.25, 0.3) is 0 Å². The van der Waals surface area contributed by atoms with E-state index < -0.39 is 0 Å². The highest BCUT2D eigenvalue weighted by molar-refractivity contribution is 7.99. The van der Waals surface area contributed by atoms with Gasteiger partial charge in [-0.1, -0.05) is 30.0 Å². The number of hydrogen-bond acceptors (Lipinski definition) is 7. The Hall–Kier alpha value is -1.90. The van der Waals surface area contributed by atoms with Crippen molar-refractivity contribution < 1.29 is 9.53 Å². The van der Waals surface area contributed by atoms with Crippen LogP contribution in [0.4, 0.5) is 5.95 Å². The molecule has 28 heavy (non-hydrogen) atoms. The molecule has 0 radical (unpaired) electrons. The van der Waals surface area contributed by atoms with Crippen LogP contribution in [0.3, 0.4) is 0 Å². The van der Waals surface area contributed by atoms with Crippen molar-refractivity contribution >= 4 is 44.9 Å². The lowest BCUT2D eigenvalue weighted by molar-refractivity contribution is 0.102. The van der Waals surface area contributed by atoms with Gasteiger partial charge >= 0.3 is 0 Å². The van der Waals surface area contributed by atoms with Crippen molar-refractivity contribution in [1.29, 1.82) is 0 Å². The van der Waals surface area contributed by atoms with Crippen LogP contribution in [0, 0.1) is 6.92 Å². The lowest BCUT2D eigenvalue weighted by Gasteiger charge is -2.27. The summed E-state index contributed by atoms with van der Waals surface area (Å²) in [7, 11) is 0. The number of carbonyl (C=O) groups is 1. The third-order valence-electron chi connectivity index (χ3n) is 5.28. The maximum absolute atomic E-state index is 12.9. The maximum Gasteiger partial charge on any atom is 0.228 e. The van der Waals surface area contributed by atoms with Crippen molar-refractivity contribution in [2.75, 3.05) is 37.0 Å². The number of thioether (sulfide) groups is 1. The second-order valence-corrected chi connectivity index (χ2v) is 9.24. The number of ether oxygens (including phenoxy) is 1. The summed E-state index contributed by atoms with van der Waals surface area (Å²) in [6.45, 7) is 5.18. The van der Waals surface area contributed by atoms with E-state index >= 15 is 0 Å². The molecule has 3 heterocycles.